The lowest BCUT2D eigenvalue weighted by molar-refractivity contribution is -0.0388. The number of hydrogen-bond acceptors (Lipinski definition) is 0. The molecule has 0 heterocycles. The van der Waals surface area contributed by atoms with Gasteiger partial charge in [-0.2, -0.15) is 0 Å². The van der Waals surface area contributed by atoms with Gasteiger partial charge in [0.15, 0.2) is 0 Å². The molecule has 0 aromatic rings. The maximum absolute atomic E-state index is 4.35. The van der Waals surface area contributed by atoms with Gasteiger partial charge in [0.2, 0.25) is 0 Å². The molecule has 3 saturated carbocycles. The van der Waals surface area contributed by atoms with E-state index in [-0.39, 0.29) is 0 Å². The molecule has 23 heavy (non-hydrogen) atoms. The van der Waals surface area contributed by atoms with Gasteiger partial charge in [-0.25, -0.2) is 0 Å². The van der Waals surface area contributed by atoms with Crippen LogP contribution in [0.5, 0.6) is 0 Å². The number of fused-ring (bicyclic) bond motifs is 5. The molecule has 0 bridgehead atoms. The standard InChI is InChI=1S/C23H36/c1-15(2)19-8-9-20-18-7-6-17-14-16(3)10-12-22(17,4)21(18)11-13-23(19,20)5/h6,16,18-21H,1,7-14H2,2-5H3/t16-,18-,19+,20-,21-,22-,23+/m0/s1. The highest BCUT2D eigenvalue weighted by molar-refractivity contribution is 5.25. The van der Waals surface area contributed by atoms with Crippen LogP contribution in [0.3, 0.4) is 0 Å². The van der Waals surface area contributed by atoms with Crippen LogP contribution in [0.25, 0.3) is 0 Å². The minimum absolute atomic E-state index is 0.540. The van der Waals surface area contributed by atoms with Gasteiger partial charge in [-0.1, -0.05) is 44.6 Å². The molecule has 3 fully saturated rings. The summed E-state index contributed by atoms with van der Waals surface area (Å²) < 4.78 is 0. The molecule has 0 nitrogen and oxygen atoms in total. The van der Waals surface area contributed by atoms with Crippen LogP contribution in [0.2, 0.25) is 0 Å². The first-order valence-electron chi connectivity index (χ1n) is 10.2. The Kier molecular flexibility index (Phi) is 3.64. The molecule has 0 aliphatic heterocycles. The predicted molar refractivity (Wildman–Crippen MR) is 99.2 cm³/mol. The molecule has 0 heteroatoms. The van der Waals surface area contributed by atoms with Gasteiger partial charge in [-0.15, -0.1) is 0 Å². The molecule has 0 saturated heterocycles. The highest BCUT2D eigenvalue weighted by Crippen LogP contribution is 2.67. The van der Waals surface area contributed by atoms with Gasteiger partial charge in [-0.05, 0) is 98.7 Å². The fourth-order valence-electron chi connectivity index (χ4n) is 7.65. The Bertz CT molecular complexity index is 540. The van der Waals surface area contributed by atoms with Crippen molar-refractivity contribution < 1.29 is 0 Å². The zero-order valence-electron chi connectivity index (χ0n) is 15.8. The van der Waals surface area contributed by atoms with Crippen molar-refractivity contribution in [1.29, 1.82) is 0 Å². The van der Waals surface area contributed by atoms with Crippen molar-refractivity contribution in [2.75, 3.05) is 0 Å². The van der Waals surface area contributed by atoms with Gasteiger partial charge >= 0.3 is 0 Å². The Morgan fingerprint density at radius 2 is 1.87 bits per heavy atom. The summed E-state index contributed by atoms with van der Waals surface area (Å²) in [5.41, 5.74) is 4.39. The maximum Gasteiger partial charge on any atom is -0.00851 e. The molecule has 0 spiro atoms. The molecule has 7 atom stereocenters. The molecule has 0 aromatic carbocycles. The Morgan fingerprint density at radius 1 is 1.09 bits per heavy atom. The van der Waals surface area contributed by atoms with Crippen LogP contribution in [-0.2, 0) is 0 Å². The van der Waals surface area contributed by atoms with E-state index in [0.29, 0.717) is 10.8 Å². The van der Waals surface area contributed by atoms with E-state index in [1.807, 2.05) is 5.57 Å². The second kappa shape index (κ2) is 5.24. The third kappa shape index (κ3) is 2.16. The Hall–Kier alpha value is -0.520. The van der Waals surface area contributed by atoms with Crippen LogP contribution in [-0.4, -0.2) is 0 Å². The lowest BCUT2D eigenvalue weighted by atomic mass is 9.47. The predicted octanol–water partition coefficient (Wildman–Crippen LogP) is 6.78. The summed E-state index contributed by atoms with van der Waals surface area (Å²) in [5, 5.41) is 0. The molecular formula is C23H36. The van der Waals surface area contributed by atoms with Crippen molar-refractivity contribution in [2.45, 2.75) is 79.1 Å². The molecule has 0 radical (unpaired) electrons. The molecule has 0 N–H and O–H groups in total. The topological polar surface area (TPSA) is 0 Å². The van der Waals surface area contributed by atoms with Crippen molar-refractivity contribution in [3.8, 4) is 0 Å². The summed E-state index contributed by atoms with van der Waals surface area (Å²) >= 11 is 0. The minimum Gasteiger partial charge on any atom is -0.0998 e. The largest absolute Gasteiger partial charge is 0.0998 e. The van der Waals surface area contributed by atoms with Gasteiger partial charge < -0.3 is 0 Å². The van der Waals surface area contributed by atoms with Crippen LogP contribution >= 0.6 is 0 Å². The van der Waals surface area contributed by atoms with Crippen LogP contribution in [0.1, 0.15) is 79.1 Å². The monoisotopic (exact) mass is 312 g/mol. The van der Waals surface area contributed by atoms with E-state index in [1.54, 1.807) is 0 Å². The molecule has 4 aliphatic rings. The van der Waals surface area contributed by atoms with E-state index >= 15 is 0 Å². The zero-order valence-corrected chi connectivity index (χ0v) is 15.8. The van der Waals surface area contributed by atoms with Crippen molar-refractivity contribution >= 4 is 0 Å². The van der Waals surface area contributed by atoms with E-state index in [9.17, 15) is 0 Å². The average molecular weight is 313 g/mol. The number of rotatable bonds is 1. The molecule has 0 aromatic heterocycles. The smallest absolute Gasteiger partial charge is 0.00851 e. The maximum atomic E-state index is 4.35. The summed E-state index contributed by atoms with van der Waals surface area (Å²) in [5.74, 6) is 4.59. The van der Waals surface area contributed by atoms with E-state index in [1.165, 1.54) is 56.9 Å². The van der Waals surface area contributed by atoms with Crippen LogP contribution in [0.4, 0.5) is 0 Å². The number of allylic oxidation sites excluding steroid dienone is 3. The fourth-order valence-corrected chi connectivity index (χ4v) is 7.65. The summed E-state index contributed by atoms with van der Waals surface area (Å²) in [7, 11) is 0. The second-order valence-corrected chi connectivity index (χ2v) is 10.1. The highest BCUT2D eigenvalue weighted by Gasteiger charge is 2.58. The van der Waals surface area contributed by atoms with Gasteiger partial charge in [-0.3, -0.25) is 0 Å². The summed E-state index contributed by atoms with van der Waals surface area (Å²) in [6.07, 6.45) is 14.2. The minimum atomic E-state index is 0.540. The summed E-state index contributed by atoms with van der Waals surface area (Å²) in [4.78, 5) is 0. The molecule has 128 valence electrons. The zero-order chi connectivity index (χ0) is 16.4. The van der Waals surface area contributed by atoms with Crippen molar-refractivity contribution in [3.63, 3.8) is 0 Å². The Labute approximate surface area is 143 Å². The van der Waals surface area contributed by atoms with Crippen LogP contribution < -0.4 is 0 Å². The first-order chi connectivity index (χ1) is 10.9. The molecular weight excluding hydrogens is 276 g/mol. The number of hydrogen-bond donors (Lipinski definition) is 0. The molecule has 4 rings (SSSR count). The van der Waals surface area contributed by atoms with Gasteiger partial charge in [0.05, 0.1) is 0 Å². The molecule has 4 aliphatic carbocycles. The lowest BCUT2D eigenvalue weighted by Gasteiger charge is -2.58. The van der Waals surface area contributed by atoms with Gasteiger partial charge in [0, 0.05) is 0 Å². The first kappa shape index (κ1) is 16.0. The Balaban J connectivity index is 1.66. The molecule has 0 amide bonds. The van der Waals surface area contributed by atoms with Crippen molar-refractivity contribution in [2.24, 2.45) is 40.4 Å². The van der Waals surface area contributed by atoms with Gasteiger partial charge in [0.25, 0.3) is 0 Å². The van der Waals surface area contributed by atoms with Crippen LogP contribution in [0, 0.1) is 40.4 Å². The third-order valence-corrected chi connectivity index (χ3v) is 8.95. The fraction of sp³-hybridized carbons (Fsp3) is 0.826. The lowest BCUT2D eigenvalue weighted by Crippen LogP contribution is -2.50. The first-order valence-corrected chi connectivity index (χ1v) is 10.2. The average Bonchev–Trinajstić information content (AvgIpc) is 2.85. The summed E-state index contributed by atoms with van der Waals surface area (Å²) in [6.45, 7) is 14.3. The third-order valence-electron chi connectivity index (χ3n) is 8.95. The second-order valence-electron chi connectivity index (χ2n) is 10.1. The quantitative estimate of drug-likeness (QED) is 0.468. The van der Waals surface area contributed by atoms with E-state index in [0.717, 1.165) is 29.6 Å². The SMILES string of the molecule is C=C(C)[C@H]1CC[C@H]2[C@@H]3CC=C4C[C@@H](C)CC[C@]4(C)[C@H]3CC[C@]12C. The van der Waals surface area contributed by atoms with Crippen LogP contribution in [0.15, 0.2) is 23.8 Å². The van der Waals surface area contributed by atoms with E-state index < -0.39 is 0 Å². The van der Waals surface area contributed by atoms with E-state index in [4.69, 9.17) is 0 Å². The van der Waals surface area contributed by atoms with Gasteiger partial charge in [0.1, 0.15) is 0 Å². The van der Waals surface area contributed by atoms with Crippen molar-refractivity contribution in [1.82, 2.24) is 0 Å². The summed E-state index contributed by atoms with van der Waals surface area (Å²) in [6, 6.07) is 0. The Morgan fingerprint density at radius 3 is 2.61 bits per heavy atom. The molecule has 0 unspecified atom stereocenters. The van der Waals surface area contributed by atoms with E-state index in [2.05, 4.69) is 40.3 Å². The van der Waals surface area contributed by atoms with Crippen molar-refractivity contribution in [3.05, 3.63) is 23.8 Å². The highest BCUT2D eigenvalue weighted by atomic mass is 14.6. The normalized spacial score (nSPS) is 52.2.